The summed E-state index contributed by atoms with van der Waals surface area (Å²) in [6.07, 6.45) is 4.50. The van der Waals surface area contributed by atoms with E-state index >= 15 is 0 Å². The minimum absolute atomic E-state index is 0.0463. The lowest BCUT2D eigenvalue weighted by molar-refractivity contribution is 0.265. The van der Waals surface area contributed by atoms with Crippen LogP contribution >= 0.6 is 11.8 Å². The molecule has 0 aliphatic rings. The molecule has 1 atom stereocenters. The summed E-state index contributed by atoms with van der Waals surface area (Å²) in [6, 6.07) is 6.95. The van der Waals surface area contributed by atoms with Crippen molar-refractivity contribution in [2.24, 2.45) is 4.99 Å². The molecule has 0 fully saturated rings. The summed E-state index contributed by atoms with van der Waals surface area (Å²) in [5.41, 5.74) is 0.685. The summed E-state index contributed by atoms with van der Waals surface area (Å²) in [5.74, 6) is 1.19. The predicted octanol–water partition coefficient (Wildman–Crippen LogP) is 1.93. The molecule has 0 amide bonds. The fraction of sp³-hybridized carbons (Fsp3) is 0.417. The number of thioether (sulfide) groups is 1. The maximum Gasteiger partial charge on any atom is 0.124 e. The Labute approximate surface area is 100 Å². The van der Waals surface area contributed by atoms with Gasteiger partial charge in [0.1, 0.15) is 5.75 Å². The highest BCUT2D eigenvalue weighted by Crippen LogP contribution is 2.13. The molecule has 0 heterocycles. The van der Waals surface area contributed by atoms with Crippen molar-refractivity contribution in [1.82, 2.24) is 0 Å². The van der Waals surface area contributed by atoms with E-state index in [2.05, 4.69) is 4.99 Å². The van der Waals surface area contributed by atoms with Gasteiger partial charge in [0.05, 0.1) is 12.6 Å². The molecule has 3 nitrogen and oxygen atoms in total. The van der Waals surface area contributed by atoms with Gasteiger partial charge in [0, 0.05) is 11.8 Å². The van der Waals surface area contributed by atoms with Gasteiger partial charge >= 0.3 is 0 Å². The number of para-hydroxylation sites is 1. The summed E-state index contributed by atoms with van der Waals surface area (Å²) < 4.78 is 0. The smallest absolute Gasteiger partial charge is 0.124 e. The van der Waals surface area contributed by atoms with Gasteiger partial charge in [-0.3, -0.25) is 4.99 Å². The Kier molecular flexibility index (Phi) is 5.96. The fourth-order valence-electron chi connectivity index (χ4n) is 1.25. The maximum absolute atomic E-state index is 9.51. The number of benzene rings is 1. The third-order valence-electron chi connectivity index (χ3n) is 2.23. The Morgan fingerprint density at radius 1 is 1.44 bits per heavy atom. The van der Waals surface area contributed by atoms with Crippen molar-refractivity contribution < 1.29 is 10.2 Å². The second-order valence-electron chi connectivity index (χ2n) is 3.45. The average Bonchev–Trinajstić information content (AvgIpc) is 2.31. The van der Waals surface area contributed by atoms with Gasteiger partial charge in [0.25, 0.3) is 0 Å². The van der Waals surface area contributed by atoms with Crippen LogP contribution in [0.5, 0.6) is 5.75 Å². The first-order valence-electron chi connectivity index (χ1n) is 5.19. The van der Waals surface area contributed by atoms with Crippen LogP contribution in [0.25, 0.3) is 0 Å². The molecule has 0 spiro atoms. The van der Waals surface area contributed by atoms with Crippen molar-refractivity contribution in [2.45, 2.75) is 12.5 Å². The minimum Gasteiger partial charge on any atom is -0.507 e. The molecule has 4 heteroatoms. The largest absolute Gasteiger partial charge is 0.507 e. The van der Waals surface area contributed by atoms with E-state index in [0.717, 1.165) is 12.2 Å². The van der Waals surface area contributed by atoms with E-state index in [1.54, 1.807) is 36.2 Å². The van der Waals surface area contributed by atoms with Crippen LogP contribution in [-0.2, 0) is 0 Å². The zero-order valence-electron chi connectivity index (χ0n) is 9.34. The SMILES string of the molecule is CSCCC(CO)N=Cc1ccccc1O. The fourth-order valence-corrected chi connectivity index (χ4v) is 1.76. The lowest BCUT2D eigenvalue weighted by atomic mass is 10.2. The highest BCUT2D eigenvalue weighted by Gasteiger charge is 2.03. The van der Waals surface area contributed by atoms with Gasteiger partial charge in [-0.2, -0.15) is 11.8 Å². The number of rotatable bonds is 6. The van der Waals surface area contributed by atoms with E-state index in [0.29, 0.717) is 5.56 Å². The molecule has 1 unspecified atom stereocenters. The number of phenols is 1. The number of aromatic hydroxyl groups is 1. The van der Waals surface area contributed by atoms with Crippen molar-refractivity contribution in [1.29, 1.82) is 0 Å². The second kappa shape index (κ2) is 7.30. The molecule has 16 heavy (non-hydrogen) atoms. The molecule has 1 aromatic carbocycles. The van der Waals surface area contributed by atoms with Crippen molar-refractivity contribution in [2.75, 3.05) is 18.6 Å². The quantitative estimate of drug-likeness (QED) is 0.746. The van der Waals surface area contributed by atoms with E-state index in [1.165, 1.54) is 0 Å². The second-order valence-corrected chi connectivity index (χ2v) is 4.44. The van der Waals surface area contributed by atoms with Crippen LogP contribution in [0, 0.1) is 0 Å². The number of aliphatic hydroxyl groups is 1. The monoisotopic (exact) mass is 239 g/mol. The first-order chi connectivity index (χ1) is 7.77. The normalized spacial score (nSPS) is 13.1. The predicted molar refractivity (Wildman–Crippen MR) is 69.6 cm³/mol. The third-order valence-corrected chi connectivity index (χ3v) is 2.87. The minimum atomic E-state index is -0.0768. The average molecular weight is 239 g/mol. The Balaban J connectivity index is 2.60. The van der Waals surface area contributed by atoms with Crippen LogP contribution in [0.2, 0.25) is 0 Å². The van der Waals surface area contributed by atoms with Gasteiger partial charge in [-0.15, -0.1) is 0 Å². The highest BCUT2D eigenvalue weighted by molar-refractivity contribution is 7.98. The van der Waals surface area contributed by atoms with Crippen LogP contribution in [0.1, 0.15) is 12.0 Å². The van der Waals surface area contributed by atoms with Gasteiger partial charge in [-0.25, -0.2) is 0 Å². The van der Waals surface area contributed by atoms with Gasteiger partial charge in [-0.05, 0) is 30.6 Å². The van der Waals surface area contributed by atoms with Crippen molar-refractivity contribution in [3.63, 3.8) is 0 Å². The number of aliphatic hydroxyl groups excluding tert-OH is 1. The van der Waals surface area contributed by atoms with Gasteiger partial charge < -0.3 is 10.2 Å². The van der Waals surface area contributed by atoms with Crippen molar-refractivity contribution in [3.05, 3.63) is 29.8 Å². The summed E-state index contributed by atoms with van der Waals surface area (Å²) in [6.45, 7) is 0.0463. The standard InChI is InChI=1S/C12H17NO2S/c1-16-7-6-11(9-14)13-8-10-4-2-3-5-12(10)15/h2-5,8,11,14-15H,6-7,9H2,1H3. The molecule has 0 radical (unpaired) electrons. The van der Waals surface area contributed by atoms with Gasteiger partial charge in [0.15, 0.2) is 0 Å². The Morgan fingerprint density at radius 3 is 2.81 bits per heavy atom. The summed E-state index contributed by atoms with van der Waals surface area (Å²) in [4.78, 5) is 4.26. The number of hydrogen-bond acceptors (Lipinski definition) is 4. The zero-order chi connectivity index (χ0) is 11.8. The molecule has 0 aliphatic heterocycles. The highest BCUT2D eigenvalue weighted by atomic mass is 32.2. The van der Waals surface area contributed by atoms with E-state index in [4.69, 9.17) is 5.11 Å². The van der Waals surface area contributed by atoms with Crippen LogP contribution in [0.3, 0.4) is 0 Å². The Hall–Kier alpha value is -1.00. The molecule has 88 valence electrons. The lowest BCUT2D eigenvalue weighted by Gasteiger charge is -2.07. The van der Waals surface area contributed by atoms with Gasteiger partial charge in [-0.1, -0.05) is 12.1 Å². The lowest BCUT2D eigenvalue weighted by Crippen LogP contribution is -2.11. The summed E-state index contributed by atoms with van der Waals surface area (Å²) in [5, 5.41) is 18.6. The molecule has 2 N–H and O–H groups in total. The third kappa shape index (κ3) is 4.24. The molecule has 0 aromatic heterocycles. The molecular formula is C12H17NO2S. The molecule has 0 aliphatic carbocycles. The van der Waals surface area contributed by atoms with E-state index < -0.39 is 0 Å². The van der Waals surface area contributed by atoms with Crippen molar-refractivity contribution >= 4 is 18.0 Å². The molecule has 1 aromatic rings. The van der Waals surface area contributed by atoms with Crippen LogP contribution in [0.15, 0.2) is 29.3 Å². The topological polar surface area (TPSA) is 52.8 Å². The molecular weight excluding hydrogens is 222 g/mol. The summed E-state index contributed by atoms with van der Waals surface area (Å²) in [7, 11) is 0. The van der Waals surface area contributed by atoms with Crippen LogP contribution in [0.4, 0.5) is 0 Å². The number of phenolic OH excluding ortho intramolecular Hbond substituents is 1. The maximum atomic E-state index is 9.51. The van der Waals surface area contributed by atoms with E-state index in [1.807, 2.05) is 12.3 Å². The molecule has 0 saturated heterocycles. The molecule has 1 rings (SSSR count). The molecule has 0 saturated carbocycles. The Bertz CT molecular complexity index is 342. The molecule has 0 bridgehead atoms. The number of hydrogen-bond donors (Lipinski definition) is 2. The van der Waals surface area contributed by atoms with Crippen LogP contribution in [-0.4, -0.2) is 41.1 Å². The summed E-state index contributed by atoms with van der Waals surface area (Å²) >= 11 is 1.74. The first kappa shape index (κ1) is 13.1. The Morgan fingerprint density at radius 2 is 2.19 bits per heavy atom. The zero-order valence-corrected chi connectivity index (χ0v) is 10.2. The van der Waals surface area contributed by atoms with Crippen molar-refractivity contribution in [3.8, 4) is 5.75 Å². The first-order valence-corrected chi connectivity index (χ1v) is 6.58. The van der Waals surface area contributed by atoms with Gasteiger partial charge in [0.2, 0.25) is 0 Å². The number of aliphatic imine (C=N–C) groups is 1. The van der Waals surface area contributed by atoms with E-state index in [-0.39, 0.29) is 18.4 Å². The van der Waals surface area contributed by atoms with E-state index in [9.17, 15) is 5.11 Å². The van der Waals surface area contributed by atoms with Crippen LogP contribution < -0.4 is 0 Å². The number of nitrogens with zero attached hydrogens (tertiary/aromatic N) is 1.